The number of thioether (sulfide) groups is 1. The minimum atomic E-state index is -0.0514. The number of hydrogen-bond acceptors (Lipinski definition) is 4. The monoisotopic (exact) mass is 383 g/mol. The lowest BCUT2D eigenvalue weighted by Gasteiger charge is -2.43. The maximum absolute atomic E-state index is 12.6. The number of ether oxygens (including phenoxy) is 1. The first-order valence-corrected chi connectivity index (χ1v) is 10.3. The van der Waals surface area contributed by atoms with E-state index in [0.29, 0.717) is 18.1 Å². The molecule has 0 radical (unpaired) electrons. The van der Waals surface area contributed by atoms with Gasteiger partial charge in [-0.25, -0.2) is 4.79 Å². The first-order chi connectivity index (χ1) is 12.1. The maximum Gasteiger partial charge on any atom is 0.317 e. The molecule has 2 amide bonds. The molecule has 1 atom stereocenters. The molecule has 0 bridgehead atoms. The molecule has 25 heavy (non-hydrogen) atoms. The third kappa shape index (κ3) is 4.61. The molecule has 7 heteroatoms. The predicted molar refractivity (Wildman–Crippen MR) is 103 cm³/mol. The van der Waals surface area contributed by atoms with Gasteiger partial charge < -0.3 is 15.0 Å². The third-order valence-electron chi connectivity index (χ3n) is 5.05. The zero-order valence-electron chi connectivity index (χ0n) is 14.7. The van der Waals surface area contributed by atoms with Gasteiger partial charge in [-0.1, -0.05) is 29.8 Å². The standard InChI is InChI=1S/C18H26ClN3O2S/c1-21(12-15-4-2-3-5-16(15)19)17(23)20-13-18(6-11-25-14-18)22-7-9-24-10-8-22/h2-5H,6-14H2,1H3,(H,20,23)/t18-/m1/s1. The molecule has 2 heterocycles. The Morgan fingerprint density at radius 1 is 1.40 bits per heavy atom. The van der Waals surface area contributed by atoms with E-state index in [1.165, 1.54) is 0 Å². The lowest BCUT2D eigenvalue weighted by atomic mass is 9.95. The summed E-state index contributed by atoms with van der Waals surface area (Å²) in [6, 6.07) is 7.59. The van der Waals surface area contributed by atoms with E-state index >= 15 is 0 Å². The van der Waals surface area contributed by atoms with E-state index in [1.54, 1.807) is 4.90 Å². The zero-order chi connectivity index (χ0) is 17.7. The molecule has 3 rings (SSSR count). The lowest BCUT2D eigenvalue weighted by molar-refractivity contribution is -0.0127. The van der Waals surface area contributed by atoms with Gasteiger partial charge in [0.15, 0.2) is 0 Å². The van der Waals surface area contributed by atoms with Crippen LogP contribution in [0, 0.1) is 0 Å². The number of carbonyl (C=O) groups excluding carboxylic acids is 1. The van der Waals surface area contributed by atoms with Crippen LogP contribution in [0.5, 0.6) is 0 Å². The smallest absolute Gasteiger partial charge is 0.317 e. The van der Waals surface area contributed by atoms with Gasteiger partial charge in [-0.3, -0.25) is 4.90 Å². The Morgan fingerprint density at radius 3 is 2.84 bits per heavy atom. The van der Waals surface area contributed by atoms with E-state index < -0.39 is 0 Å². The number of halogens is 1. The SMILES string of the molecule is CN(Cc1ccccc1Cl)C(=O)NC[C@]1(N2CCOCC2)CCSC1. The Labute approximate surface area is 159 Å². The van der Waals surface area contributed by atoms with Crippen molar-refractivity contribution in [3.63, 3.8) is 0 Å². The minimum Gasteiger partial charge on any atom is -0.379 e. The molecule has 0 unspecified atom stereocenters. The molecule has 0 spiro atoms. The fourth-order valence-electron chi connectivity index (χ4n) is 3.46. The second-order valence-corrected chi connectivity index (χ2v) is 8.24. The number of nitrogens with one attached hydrogen (secondary N) is 1. The lowest BCUT2D eigenvalue weighted by Crippen LogP contribution is -2.59. The molecule has 138 valence electrons. The van der Waals surface area contributed by atoms with Crippen LogP contribution in [0.4, 0.5) is 4.79 Å². The van der Waals surface area contributed by atoms with Crippen LogP contribution in [-0.2, 0) is 11.3 Å². The topological polar surface area (TPSA) is 44.8 Å². The van der Waals surface area contributed by atoms with Crippen LogP contribution in [0.3, 0.4) is 0 Å². The summed E-state index contributed by atoms with van der Waals surface area (Å²) in [5.41, 5.74) is 1.02. The molecule has 2 aliphatic rings. The summed E-state index contributed by atoms with van der Waals surface area (Å²) < 4.78 is 5.49. The number of urea groups is 1. The molecule has 0 saturated carbocycles. The molecule has 1 N–H and O–H groups in total. The largest absolute Gasteiger partial charge is 0.379 e. The number of morpholine rings is 1. The molecule has 0 aromatic heterocycles. The van der Waals surface area contributed by atoms with Crippen molar-refractivity contribution in [2.24, 2.45) is 0 Å². The molecule has 0 aliphatic carbocycles. The second-order valence-electron chi connectivity index (χ2n) is 6.73. The summed E-state index contributed by atoms with van der Waals surface area (Å²) in [5.74, 6) is 2.23. The van der Waals surface area contributed by atoms with Crippen molar-refractivity contribution in [1.29, 1.82) is 0 Å². The second kappa shape index (κ2) is 8.62. The molecule has 5 nitrogen and oxygen atoms in total. The van der Waals surface area contributed by atoms with Crippen molar-refractivity contribution < 1.29 is 9.53 Å². The van der Waals surface area contributed by atoms with E-state index in [4.69, 9.17) is 16.3 Å². The van der Waals surface area contributed by atoms with Crippen molar-refractivity contribution in [1.82, 2.24) is 15.1 Å². The molecular weight excluding hydrogens is 358 g/mol. The average molecular weight is 384 g/mol. The molecule has 2 aliphatic heterocycles. The Morgan fingerprint density at radius 2 is 2.16 bits per heavy atom. The molecule has 2 saturated heterocycles. The van der Waals surface area contributed by atoms with Crippen molar-refractivity contribution in [2.45, 2.75) is 18.5 Å². The van der Waals surface area contributed by atoms with E-state index in [-0.39, 0.29) is 11.6 Å². The quantitative estimate of drug-likeness (QED) is 0.849. The van der Waals surface area contributed by atoms with Crippen molar-refractivity contribution in [3.05, 3.63) is 34.9 Å². The van der Waals surface area contributed by atoms with E-state index in [0.717, 1.165) is 49.8 Å². The van der Waals surface area contributed by atoms with Gasteiger partial charge in [0.05, 0.1) is 13.2 Å². The number of hydrogen-bond donors (Lipinski definition) is 1. The van der Waals surface area contributed by atoms with Gasteiger partial charge in [-0.15, -0.1) is 0 Å². The summed E-state index contributed by atoms with van der Waals surface area (Å²) in [6.45, 7) is 4.66. The average Bonchev–Trinajstić information content (AvgIpc) is 3.12. The fraction of sp³-hybridized carbons (Fsp3) is 0.611. The summed E-state index contributed by atoms with van der Waals surface area (Å²) in [5, 5.41) is 3.84. The van der Waals surface area contributed by atoms with E-state index in [2.05, 4.69) is 10.2 Å². The molecule has 1 aromatic carbocycles. The van der Waals surface area contributed by atoms with Crippen LogP contribution in [0.2, 0.25) is 5.02 Å². The van der Waals surface area contributed by atoms with Crippen LogP contribution >= 0.6 is 23.4 Å². The van der Waals surface area contributed by atoms with Gasteiger partial charge in [0, 0.05) is 49.5 Å². The first kappa shape index (κ1) is 18.8. The fourth-order valence-corrected chi connectivity index (χ4v) is 5.14. The number of nitrogens with zero attached hydrogens (tertiary/aromatic N) is 2. The number of carbonyl (C=O) groups is 1. The normalized spacial score (nSPS) is 24.2. The van der Waals surface area contributed by atoms with Gasteiger partial charge in [0.1, 0.15) is 0 Å². The van der Waals surface area contributed by atoms with Gasteiger partial charge in [-0.05, 0) is 23.8 Å². The van der Waals surface area contributed by atoms with Crippen molar-refractivity contribution in [3.8, 4) is 0 Å². The summed E-state index contributed by atoms with van der Waals surface area (Å²) in [7, 11) is 1.81. The Bertz CT molecular complexity index is 589. The minimum absolute atomic E-state index is 0.0514. The maximum atomic E-state index is 12.6. The highest BCUT2D eigenvalue weighted by molar-refractivity contribution is 7.99. The Kier molecular flexibility index (Phi) is 6.49. The summed E-state index contributed by atoms with van der Waals surface area (Å²) >= 11 is 8.17. The number of amides is 2. The van der Waals surface area contributed by atoms with Crippen LogP contribution in [0.25, 0.3) is 0 Å². The summed E-state index contributed by atoms with van der Waals surface area (Å²) in [4.78, 5) is 16.8. The Hall–Kier alpha value is -0.950. The summed E-state index contributed by atoms with van der Waals surface area (Å²) in [6.07, 6.45) is 1.12. The van der Waals surface area contributed by atoms with E-state index in [9.17, 15) is 4.79 Å². The molecule has 1 aromatic rings. The highest BCUT2D eigenvalue weighted by Gasteiger charge is 2.41. The van der Waals surface area contributed by atoms with Crippen LogP contribution in [0.1, 0.15) is 12.0 Å². The zero-order valence-corrected chi connectivity index (χ0v) is 16.2. The number of rotatable bonds is 5. The van der Waals surface area contributed by atoms with Crippen LogP contribution < -0.4 is 5.32 Å². The van der Waals surface area contributed by atoms with Crippen LogP contribution in [-0.4, -0.2) is 72.8 Å². The van der Waals surface area contributed by atoms with Crippen LogP contribution in [0.15, 0.2) is 24.3 Å². The van der Waals surface area contributed by atoms with Gasteiger partial charge in [0.25, 0.3) is 0 Å². The van der Waals surface area contributed by atoms with Crippen molar-refractivity contribution >= 4 is 29.4 Å². The predicted octanol–water partition coefficient (Wildman–Crippen LogP) is 2.69. The van der Waals surface area contributed by atoms with Gasteiger partial charge in [0.2, 0.25) is 0 Å². The highest BCUT2D eigenvalue weighted by atomic mass is 35.5. The van der Waals surface area contributed by atoms with Gasteiger partial charge >= 0.3 is 6.03 Å². The van der Waals surface area contributed by atoms with Crippen molar-refractivity contribution in [2.75, 3.05) is 51.4 Å². The highest BCUT2D eigenvalue weighted by Crippen LogP contribution is 2.33. The number of benzene rings is 1. The molecular formula is C18H26ClN3O2S. The third-order valence-corrected chi connectivity index (χ3v) is 6.65. The first-order valence-electron chi connectivity index (χ1n) is 8.74. The molecule has 2 fully saturated rings. The van der Waals surface area contributed by atoms with Gasteiger partial charge in [-0.2, -0.15) is 11.8 Å². The van der Waals surface area contributed by atoms with E-state index in [1.807, 2.05) is 43.1 Å². The Balaban J connectivity index is 1.57.